The summed E-state index contributed by atoms with van der Waals surface area (Å²) in [6.45, 7) is 4.80. The molecule has 1 aliphatic heterocycles. The van der Waals surface area contributed by atoms with Crippen LogP contribution >= 0.6 is 0 Å². The van der Waals surface area contributed by atoms with Gasteiger partial charge in [-0.3, -0.25) is 4.79 Å². The number of hydrogen-bond donors (Lipinski definition) is 0. The van der Waals surface area contributed by atoms with Crippen LogP contribution in [0.25, 0.3) is 5.69 Å². The van der Waals surface area contributed by atoms with E-state index in [1.807, 2.05) is 13.8 Å². The molecule has 1 aliphatic carbocycles. The van der Waals surface area contributed by atoms with E-state index in [9.17, 15) is 18.0 Å². The lowest BCUT2D eigenvalue weighted by atomic mass is 10.1. The molecule has 2 atom stereocenters. The van der Waals surface area contributed by atoms with Crippen molar-refractivity contribution in [3.05, 3.63) is 47.3 Å². The Morgan fingerprint density at radius 2 is 2.00 bits per heavy atom. The predicted octanol–water partition coefficient (Wildman–Crippen LogP) is 4.02. The maximum absolute atomic E-state index is 13.2. The Bertz CT molecular complexity index is 889. The Morgan fingerprint density at radius 1 is 1.25 bits per heavy atom. The largest absolute Gasteiger partial charge is 0.416 e. The third-order valence-electron chi connectivity index (χ3n) is 5.29. The number of rotatable bonds is 3. The van der Waals surface area contributed by atoms with E-state index in [4.69, 9.17) is 4.74 Å². The van der Waals surface area contributed by atoms with Gasteiger partial charge < -0.3 is 9.64 Å². The van der Waals surface area contributed by atoms with E-state index in [1.54, 1.807) is 11.0 Å². The molecule has 2 aliphatic rings. The molecule has 2 fully saturated rings. The van der Waals surface area contributed by atoms with Crippen molar-refractivity contribution in [2.45, 2.75) is 50.9 Å². The lowest BCUT2D eigenvalue weighted by molar-refractivity contribution is -0.137. The van der Waals surface area contributed by atoms with E-state index in [-0.39, 0.29) is 24.0 Å². The fraction of sp³-hybridized carbons (Fsp3) is 0.500. The van der Waals surface area contributed by atoms with Crippen molar-refractivity contribution >= 4 is 5.91 Å². The summed E-state index contributed by atoms with van der Waals surface area (Å²) in [5.74, 6) is 0.00698. The first-order chi connectivity index (χ1) is 13.3. The smallest absolute Gasteiger partial charge is 0.375 e. The summed E-state index contributed by atoms with van der Waals surface area (Å²) in [5.41, 5.74) is 0.765. The van der Waals surface area contributed by atoms with Crippen molar-refractivity contribution in [2.24, 2.45) is 0 Å². The number of ether oxygens (including phenoxy) is 1. The van der Waals surface area contributed by atoms with Crippen LogP contribution in [0.2, 0.25) is 0 Å². The van der Waals surface area contributed by atoms with Crippen molar-refractivity contribution in [1.82, 2.24) is 14.7 Å². The molecule has 150 valence electrons. The van der Waals surface area contributed by atoms with Crippen LogP contribution in [0.15, 0.2) is 30.5 Å². The lowest BCUT2D eigenvalue weighted by Crippen LogP contribution is -2.50. The molecule has 5 nitrogen and oxygen atoms in total. The monoisotopic (exact) mass is 393 g/mol. The van der Waals surface area contributed by atoms with Gasteiger partial charge in [-0.15, -0.1) is 0 Å². The number of carbonyl (C=O) groups is 1. The second-order valence-electron chi connectivity index (χ2n) is 7.63. The molecule has 1 saturated heterocycles. The van der Waals surface area contributed by atoms with E-state index < -0.39 is 11.7 Å². The van der Waals surface area contributed by atoms with Gasteiger partial charge in [0, 0.05) is 12.5 Å². The first kappa shape index (κ1) is 19.0. The standard InChI is InChI=1S/C20H22F3N3O2/c1-12-11-28-13(2)10-25(12)19(27)17-9-24-26(18(17)14-6-7-14)16-5-3-4-15(8-16)20(21,22)23/h3-5,8-9,12-14H,6-7,10-11H2,1-2H3. The zero-order chi connectivity index (χ0) is 20.1. The number of morpholine rings is 1. The molecular formula is C20H22F3N3O2. The summed E-state index contributed by atoms with van der Waals surface area (Å²) in [5, 5.41) is 4.30. The first-order valence-electron chi connectivity index (χ1n) is 9.44. The summed E-state index contributed by atoms with van der Waals surface area (Å²) in [6.07, 6.45) is -1.19. The molecule has 0 bridgehead atoms. The third-order valence-corrected chi connectivity index (χ3v) is 5.29. The van der Waals surface area contributed by atoms with Crippen molar-refractivity contribution in [3.8, 4) is 5.69 Å². The number of nitrogens with zero attached hydrogens (tertiary/aromatic N) is 3. The van der Waals surface area contributed by atoms with Crippen molar-refractivity contribution in [2.75, 3.05) is 13.2 Å². The highest BCUT2D eigenvalue weighted by molar-refractivity contribution is 5.96. The van der Waals surface area contributed by atoms with Crippen LogP contribution in [-0.4, -0.2) is 45.9 Å². The quantitative estimate of drug-likeness (QED) is 0.792. The molecular weight excluding hydrogens is 371 g/mol. The van der Waals surface area contributed by atoms with Crippen LogP contribution in [-0.2, 0) is 10.9 Å². The minimum Gasteiger partial charge on any atom is -0.375 e. The molecule has 4 rings (SSSR count). The molecule has 1 aromatic heterocycles. The van der Waals surface area contributed by atoms with E-state index in [0.717, 1.165) is 25.0 Å². The highest BCUT2D eigenvalue weighted by Gasteiger charge is 2.37. The maximum Gasteiger partial charge on any atom is 0.416 e. The van der Waals surface area contributed by atoms with Gasteiger partial charge in [0.15, 0.2) is 0 Å². The SMILES string of the molecule is CC1CN(C(=O)c2cnn(-c3cccc(C(F)(F)F)c3)c2C2CC2)C(C)CO1. The predicted molar refractivity (Wildman–Crippen MR) is 96.5 cm³/mol. The summed E-state index contributed by atoms with van der Waals surface area (Å²) in [6, 6.07) is 5.00. The van der Waals surface area contributed by atoms with Crippen LogP contribution in [0.1, 0.15) is 54.2 Å². The molecule has 1 saturated carbocycles. The lowest BCUT2D eigenvalue weighted by Gasteiger charge is -2.36. The van der Waals surface area contributed by atoms with Crippen LogP contribution in [0.4, 0.5) is 13.2 Å². The fourth-order valence-corrected chi connectivity index (χ4v) is 3.63. The van der Waals surface area contributed by atoms with Crippen LogP contribution < -0.4 is 0 Å². The number of alkyl halides is 3. The second kappa shape index (κ2) is 6.92. The van der Waals surface area contributed by atoms with Crippen molar-refractivity contribution < 1.29 is 22.7 Å². The molecule has 28 heavy (non-hydrogen) atoms. The van der Waals surface area contributed by atoms with Crippen molar-refractivity contribution in [3.63, 3.8) is 0 Å². The number of amides is 1. The molecule has 2 aromatic rings. The van der Waals surface area contributed by atoms with Gasteiger partial charge in [-0.1, -0.05) is 6.07 Å². The molecule has 0 spiro atoms. The number of aromatic nitrogens is 2. The van der Waals surface area contributed by atoms with Gasteiger partial charge in [-0.2, -0.15) is 18.3 Å². The molecule has 0 radical (unpaired) electrons. The first-order valence-corrected chi connectivity index (χ1v) is 9.44. The number of carbonyl (C=O) groups excluding carboxylic acids is 1. The minimum atomic E-state index is -4.43. The van der Waals surface area contributed by atoms with Gasteiger partial charge in [0.2, 0.25) is 0 Å². The molecule has 1 aromatic carbocycles. The second-order valence-corrected chi connectivity index (χ2v) is 7.63. The zero-order valence-corrected chi connectivity index (χ0v) is 15.7. The van der Waals surface area contributed by atoms with Gasteiger partial charge >= 0.3 is 6.18 Å². The normalized spacial score (nSPS) is 23.1. The average molecular weight is 393 g/mol. The molecule has 8 heteroatoms. The van der Waals surface area contributed by atoms with Gasteiger partial charge in [-0.05, 0) is 44.9 Å². The van der Waals surface area contributed by atoms with E-state index >= 15 is 0 Å². The Balaban J connectivity index is 1.72. The highest BCUT2D eigenvalue weighted by atomic mass is 19.4. The van der Waals surface area contributed by atoms with E-state index in [0.29, 0.717) is 30.1 Å². The zero-order valence-electron chi connectivity index (χ0n) is 15.7. The fourth-order valence-electron chi connectivity index (χ4n) is 3.63. The maximum atomic E-state index is 13.2. The Morgan fingerprint density at radius 3 is 2.68 bits per heavy atom. The average Bonchev–Trinajstić information content (AvgIpc) is 3.40. The Kier molecular flexibility index (Phi) is 4.69. The van der Waals surface area contributed by atoms with Gasteiger partial charge in [0.05, 0.1) is 47.5 Å². The van der Waals surface area contributed by atoms with E-state index in [1.165, 1.54) is 16.9 Å². The molecule has 2 unspecified atom stereocenters. The number of benzene rings is 1. The summed E-state index contributed by atoms with van der Waals surface area (Å²) in [7, 11) is 0. The molecule has 2 heterocycles. The topological polar surface area (TPSA) is 47.4 Å². The third kappa shape index (κ3) is 3.53. The number of halogens is 3. The minimum absolute atomic E-state index is 0.0527. The summed E-state index contributed by atoms with van der Waals surface area (Å²) < 4.78 is 46.4. The van der Waals surface area contributed by atoms with Gasteiger partial charge in [0.1, 0.15) is 0 Å². The van der Waals surface area contributed by atoms with Gasteiger partial charge in [0.25, 0.3) is 5.91 Å². The number of hydrogen-bond acceptors (Lipinski definition) is 3. The van der Waals surface area contributed by atoms with Crippen LogP contribution in [0, 0.1) is 0 Å². The van der Waals surface area contributed by atoms with E-state index in [2.05, 4.69) is 5.10 Å². The van der Waals surface area contributed by atoms with Crippen LogP contribution in [0.5, 0.6) is 0 Å². The summed E-state index contributed by atoms with van der Waals surface area (Å²) in [4.78, 5) is 15.0. The van der Waals surface area contributed by atoms with Crippen LogP contribution in [0.3, 0.4) is 0 Å². The Hall–Kier alpha value is -2.35. The highest BCUT2D eigenvalue weighted by Crippen LogP contribution is 2.43. The molecule has 0 N–H and O–H groups in total. The summed E-state index contributed by atoms with van der Waals surface area (Å²) >= 11 is 0. The van der Waals surface area contributed by atoms with Gasteiger partial charge in [-0.25, -0.2) is 4.68 Å². The molecule has 1 amide bonds. The van der Waals surface area contributed by atoms with Crippen molar-refractivity contribution in [1.29, 1.82) is 0 Å². The Labute approximate surface area is 161 Å².